The number of carboxylic acids is 1. The Morgan fingerprint density at radius 1 is 1.08 bits per heavy atom. The lowest BCUT2D eigenvalue weighted by molar-refractivity contribution is -0.143. The molecule has 0 aromatic heterocycles. The number of piperidine rings is 1. The van der Waals surface area contributed by atoms with Crippen molar-refractivity contribution in [2.75, 3.05) is 25.0 Å². The largest absolute Gasteiger partial charge is 0.481 e. The molecule has 1 saturated heterocycles. The Morgan fingerprint density at radius 3 is 2.48 bits per heavy atom. The van der Waals surface area contributed by atoms with Gasteiger partial charge in [0.25, 0.3) is 0 Å². The Bertz CT molecular complexity index is 737. The topological polar surface area (TPSA) is 69.6 Å². The second kappa shape index (κ2) is 8.83. The van der Waals surface area contributed by atoms with Crippen molar-refractivity contribution in [2.45, 2.75) is 19.3 Å². The highest BCUT2D eigenvalue weighted by molar-refractivity contribution is 6.02. The summed E-state index contributed by atoms with van der Waals surface area (Å²) in [4.78, 5) is 25.4. The summed E-state index contributed by atoms with van der Waals surface area (Å²) in [5.74, 6) is -0.944. The lowest BCUT2D eigenvalue weighted by Crippen LogP contribution is -2.37. The summed E-state index contributed by atoms with van der Waals surface area (Å²) in [7, 11) is 0. The number of hydrogen-bond donors (Lipinski definition) is 2. The van der Waals surface area contributed by atoms with Gasteiger partial charge in [-0.2, -0.15) is 0 Å². The number of carboxylic acid groups (broad SMARTS) is 1. The van der Waals surface area contributed by atoms with E-state index in [1.165, 1.54) is 0 Å². The highest BCUT2D eigenvalue weighted by atomic mass is 35.5. The van der Waals surface area contributed by atoms with Crippen LogP contribution in [0.15, 0.2) is 42.5 Å². The molecule has 0 bridgehead atoms. The van der Waals surface area contributed by atoms with Crippen molar-refractivity contribution in [3.05, 3.63) is 42.5 Å². The lowest BCUT2D eigenvalue weighted by atomic mass is 9.97. The molecule has 3 rings (SSSR count). The average Bonchev–Trinajstić information content (AvgIpc) is 2.61. The number of rotatable bonds is 5. The normalized spacial score (nSPS) is 15.5. The van der Waals surface area contributed by atoms with Crippen LogP contribution in [0.25, 0.3) is 10.8 Å². The standard InChI is InChI=1S/C19H22N2O3.ClH/c22-18(10-13-21-11-8-15(9-12-21)19(23)24)20-17-7-3-5-14-4-1-2-6-16(14)17;/h1-7,15H,8-13H2,(H,20,22)(H,23,24);1H. The van der Waals surface area contributed by atoms with Crippen LogP contribution < -0.4 is 5.32 Å². The van der Waals surface area contributed by atoms with Crippen molar-refractivity contribution in [2.24, 2.45) is 5.92 Å². The van der Waals surface area contributed by atoms with Gasteiger partial charge in [-0.25, -0.2) is 0 Å². The number of nitrogens with zero attached hydrogens (tertiary/aromatic N) is 1. The minimum absolute atomic E-state index is 0. The number of anilines is 1. The van der Waals surface area contributed by atoms with Crippen molar-refractivity contribution in [3.63, 3.8) is 0 Å². The molecule has 1 heterocycles. The van der Waals surface area contributed by atoms with E-state index < -0.39 is 5.97 Å². The van der Waals surface area contributed by atoms with Gasteiger partial charge in [-0.05, 0) is 37.4 Å². The molecule has 1 aliphatic heterocycles. The Labute approximate surface area is 153 Å². The highest BCUT2D eigenvalue weighted by Crippen LogP contribution is 2.23. The first-order valence-electron chi connectivity index (χ1n) is 8.36. The molecular weight excluding hydrogens is 340 g/mol. The smallest absolute Gasteiger partial charge is 0.306 e. The number of hydrogen-bond acceptors (Lipinski definition) is 3. The predicted molar refractivity (Wildman–Crippen MR) is 101 cm³/mol. The minimum Gasteiger partial charge on any atom is -0.481 e. The summed E-state index contributed by atoms with van der Waals surface area (Å²) in [5, 5.41) is 14.1. The molecular formula is C19H23ClN2O3. The summed E-state index contributed by atoms with van der Waals surface area (Å²) in [6.45, 7) is 2.17. The molecule has 1 fully saturated rings. The first-order chi connectivity index (χ1) is 11.6. The molecule has 5 nitrogen and oxygen atoms in total. The molecule has 0 aliphatic carbocycles. The molecule has 0 spiro atoms. The second-order valence-electron chi connectivity index (χ2n) is 6.28. The van der Waals surface area contributed by atoms with E-state index in [1.54, 1.807) is 0 Å². The van der Waals surface area contributed by atoms with Gasteiger partial charge < -0.3 is 15.3 Å². The van der Waals surface area contributed by atoms with Gasteiger partial charge in [0.1, 0.15) is 0 Å². The zero-order valence-electron chi connectivity index (χ0n) is 14.0. The third-order valence-electron chi connectivity index (χ3n) is 4.66. The van der Waals surface area contributed by atoms with Crippen LogP contribution in [0.4, 0.5) is 5.69 Å². The lowest BCUT2D eigenvalue weighted by Gasteiger charge is -2.29. The van der Waals surface area contributed by atoms with E-state index in [4.69, 9.17) is 5.11 Å². The summed E-state index contributed by atoms with van der Waals surface area (Å²) >= 11 is 0. The predicted octanol–water partition coefficient (Wildman–Crippen LogP) is 3.39. The SMILES string of the molecule is Cl.O=C(CCN1CCC(C(=O)O)CC1)Nc1cccc2ccccc12. The van der Waals surface area contributed by atoms with Crippen LogP contribution in [0.1, 0.15) is 19.3 Å². The quantitative estimate of drug-likeness (QED) is 0.855. The summed E-state index contributed by atoms with van der Waals surface area (Å²) in [5.41, 5.74) is 0.836. The molecule has 0 radical (unpaired) electrons. The third kappa shape index (κ3) is 4.94. The van der Waals surface area contributed by atoms with E-state index in [9.17, 15) is 9.59 Å². The van der Waals surface area contributed by atoms with Crippen LogP contribution in [0.3, 0.4) is 0 Å². The van der Waals surface area contributed by atoms with Crippen LogP contribution >= 0.6 is 12.4 Å². The number of carbonyl (C=O) groups excluding carboxylic acids is 1. The molecule has 134 valence electrons. The Hall–Kier alpha value is -2.11. The fourth-order valence-corrected chi connectivity index (χ4v) is 3.21. The van der Waals surface area contributed by atoms with Gasteiger partial charge in [0.05, 0.1) is 5.92 Å². The average molecular weight is 363 g/mol. The van der Waals surface area contributed by atoms with Crippen LogP contribution in [0.2, 0.25) is 0 Å². The summed E-state index contributed by atoms with van der Waals surface area (Å²) in [6, 6.07) is 13.9. The maximum atomic E-state index is 12.2. The number of halogens is 1. The Morgan fingerprint density at radius 2 is 1.76 bits per heavy atom. The number of benzene rings is 2. The molecule has 1 amide bonds. The zero-order valence-corrected chi connectivity index (χ0v) is 14.8. The monoisotopic (exact) mass is 362 g/mol. The van der Waals surface area contributed by atoms with Crippen LogP contribution in [-0.2, 0) is 9.59 Å². The van der Waals surface area contributed by atoms with Crippen molar-refractivity contribution >= 4 is 40.7 Å². The fourth-order valence-electron chi connectivity index (χ4n) is 3.21. The molecule has 2 aromatic rings. The van der Waals surface area contributed by atoms with E-state index in [2.05, 4.69) is 10.2 Å². The van der Waals surface area contributed by atoms with Gasteiger partial charge in [0, 0.05) is 24.0 Å². The zero-order chi connectivity index (χ0) is 16.9. The molecule has 0 atom stereocenters. The van der Waals surface area contributed by atoms with E-state index in [0.29, 0.717) is 25.8 Å². The molecule has 1 aliphatic rings. The van der Waals surface area contributed by atoms with Crippen LogP contribution in [0.5, 0.6) is 0 Å². The second-order valence-corrected chi connectivity index (χ2v) is 6.28. The number of likely N-dealkylation sites (tertiary alicyclic amines) is 1. The molecule has 0 unspecified atom stereocenters. The highest BCUT2D eigenvalue weighted by Gasteiger charge is 2.24. The van der Waals surface area contributed by atoms with Gasteiger partial charge in [-0.3, -0.25) is 9.59 Å². The molecule has 6 heteroatoms. The molecule has 2 aromatic carbocycles. The van der Waals surface area contributed by atoms with E-state index in [1.807, 2.05) is 42.5 Å². The number of fused-ring (bicyclic) bond motifs is 1. The van der Waals surface area contributed by atoms with Gasteiger partial charge in [-0.15, -0.1) is 12.4 Å². The van der Waals surface area contributed by atoms with Crippen LogP contribution in [-0.4, -0.2) is 41.5 Å². The Balaban J connectivity index is 0.00000225. The number of amides is 1. The van der Waals surface area contributed by atoms with Crippen LogP contribution in [0, 0.1) is 5.92 Å². The van der Waals surface area contributed by atoms with Crippen molar-refractivity contribution in [1.82, 2.24) is 4.90 Å². The number of aliphatic carboxylic acids is 1. The summed E-state index contributed by atoms with van der Waals surface area (Å²) in [6.07, 6.45) is 1.75. The molecule has 0 saturated carbocycles. The fraction of sp³-hybridized carbons (Fsp3) is 0.368. The van der Waals surface area contributed by atoms with Gasteiger partial charge in [0.2, 0.25) is 5.91 Å². The molecule has 2 N–H and O–H groups in total. The Kier molecular flexibility index (Phi) is 6.79. The first-order valence-corrected chi connectivity index (χ1v) is 8.36. The van der Waals surface area contributed by atoms with E-state index in [0.717, 1.165) is 29.5 Å². The van der Waals surface area contributed by atoms with Crippen molar-refractivity contribution in [3.8, 4) is 0 Å². The minimum atomic E-state index is -0.705. The van der Waals surface area contributed by atoms with Gasteiger partial charge in [-0.1, -0.05) is 36.4 Å². The summed E-state index contributed by atoms with van der Waals surface area (Å²) < 4.78 is 0. The first kappa shape index (κ1) is 19.2. The van der Waals surface area contributed by atoms with Gasteiger partial charge >= 0.3 is 5.97 Å². The molecule has 25 heavy (non-hydrogen) atoms. The van der Waals surface area contributed by atoms with Crippen molar-refractivity contribution < 1.29 is 14.7 Å². The van der Waals surface area contributed by atoms with Crippen molar-refractivity contribution in [1.29, 1.82) is 0 Å². The van der Waals surface area contributed by atoms with E-state index in [-0.39, 0.29) is 24.2 Å². The van der Waals surface area contributed by atoms with Gasteiger partial charge in [0.15, 0.2) is 0 Å². The number of nitrogens with one attached hydrogen (secondary N) is 1. The third-order valence-corrected chi connectivity index (χ3v) is 4.66. The van der Waals surface area contributed by atoms with E-state index >= 15 is 0 Å². The maximum Gasteiger partial charge on any atom is 0.306 e. The number of carbonyl (C=O) groups is 2. The maximum absolute atomic E-state index is 12.2.